The molecule has 1 saturated carbocycles. The first-order valence-electron chi connectivity index (χ1n) is 10.8. The zero-order valence-corrected chi connectivity index (χ0v) is 19.6. The van der Waals surface area contributed by atoms with Gasteiger partial charge in [-0.25, -0.2) is 8.51 Å². The smallest absolute Gasteiger partial charge is 0.259 e. The van der Waals surface area contributed by atoms with E-state index < -0.39 is 16.5 Å². The minimum absolute atomic E-state index is 0.0369. The first-order valence-corrected chi connectivity index (χ1v) is 12.3. The predicted molar refractivity (Wildman–Crippen MR) is 125 cm³/mol. The normalized spacial score (nSPS) is 23.8. The van der Waals surface area contributed by atoms with Crippen LogP contribution in [0.15, 0.2) is 36.7 Å². The number of halogens is 1. The van der Waals surface area contributed by atoms with Crippen LogP contribution in [0.25, 0.3) is 0 Å². The molecule has 1 saturated heterocycles. The third-order valence-electron chi connectivity index (χ3n) is 6.75. The molecule has 3 heterocycles. The third kappa shape index (κ3) is 3.56. The summed E-state index contributed by atoms with van der Waals surface area (Å²) in [6, 6.07) is 7.75. The minimum Gasteiger partial charge on any atom is -0.369 e. The molecule has 2 aliphatic heterocycles. The number of carbonyl (C=O) groups excluding carboxylic acids is 1. The molecule has 2 fully saturated rings. The maximum Gasteiger partial charge on any atom is 0.259 e. The Morgan fingerprint density at radius 3 is 2.71 bits per heavy atom. The number of nitrogens with zero attached hydrogens (tertiary/aromatic N) is 4. The van der Waals surface area contributed by atoms with E-state index in [0.717, 1.165) is 49.3 Å². The average molecular weight is 459 g/mol. The highest BCUT2D eigenvalue weighted by Crippen LogP contribution is 2.43. The minimum atomic E-state index is -0.848. The molecule has 2 unspecified atom stereocenters. The van der Waals surface area contributed by atoms with Crippen LogP contribution in [0.3, 0.4) is 0 Å². The van der Waals surface area contributed by atoms with Crippen LogP contribution in [-0.2, 0) is 16.5 Å². The Morgan fingerprint density at radius 2 is 1.97 bits per heavy atom. The van der Waals surface area contributed by atoms with E-state index in [1.54, 1.807) is 23.2 Å². The fourth-order valence-corrected chi connectivity index (χ4v) is 6.49. The zero-order valence-electron chi connectivity index (χ0n) is 18.0. The van der Waals surface area contributed by atoms with Gasteiger partial charge < -0.3 is 4.90 Å². The van der Waals surface area contributed by atoms with Crippen LogP contribution in [-0.4, -0.2) is 50.8 Å². The molecule has 5 rings (SSSR count). The number of hydrogen-bond donors (Lipinski definition) is 0. The van der Waals surface area contributed by atoms with Gasteiger partial charge in [0.15, 0.2) is 0 Å². The van der Waals surface area contributed by atoms with Crippen molar-refractivity contribution in [3.05, 3.63) is 52.8 Å². The Kier molecular flexibility index (Phi) is 5.11. The predicted octanol–water partition coefficient (Wildman–Crippen LogP) is 3.97. The lowest BCUT2D eigenvalue weighted by atomic mass is 9.93. The van der Waals surface area contributed by atoms with Crippen molar-refractivity contribution in [2.24, 2.45) is 0 Å². The molecule has 164 valence electrons. The SMILES string of the molecule is CN(c1cncc(N2C(=O)c3ccc(Cl)cc3C2(C)C)c1)C1CCN(S(=O)C2CC2)C1. The van der Waals surface area contributed by atoms with Gasteiger partial charge in [0.1, 0.15) is 0 Å². The lowest BCUT2D eigenvalue weighted by Crippen LogP contribution is -2.39. The molecule has 1 aliphatic carbocycles. The van der Waals surface area contributed by atoms with Crippen molar-refractivity contribution >= 4 is 39.9 Å². The fraction of sp³-hybridized carbons (Fsp3) is 0.478. The van der Waals surface area contributed by atoms with E-state index in [2.05, 4.69) is 21.2 Å². The van der Waals surface area contributed by atoms with E-state index >= 15 is 0 Å². The molecule has 0 spiro atoms. The number of carbonyl (C=O) groups is 1. The number of pyridine rings is 1. The lowest BCUT2D eigenvalue weighted by Gasteiger charge is -2.33. The van der Waals surface area contributed by atoms with Gasteiger partial charge >= 0.3 is 0 Å². The molecule has 0 N–H and O–H groups in total. The van der Waals surface area contributed by atoms with E-state index in [1.807, 2.05) is 32.2 Å². The summed E-state index contributed by atoms with van der Waals surface area (Å²) in [6.45, 7) is 5.72. The van der Waals surface area contributed by atoms with Gasteiger partial charge in [-0.1, -0.05) is 11.6 Å². The van der Waals surface area contributed by atoms with E-state index in [1.165, 1.54) is 0 Å². The highest BCUT2D eigenvalue weighted by Gasteiger charge is 2.44. The summed E-state index contributed by atoms with van der Waals surface area (Å²) in [5.74, 6) is -0.0369. The van der Waals surface area contributed by atoms with Crippen molar-refractivity contribution in [3.63, 3.8) is 0 Å². The first kappa shape index (κ1) is 20.9. The summed E-state index contributed by atoms with van der Waals surface area (Å²) in [5.41, 5.74) is 2.81. The Hall–Kier alpha value is -1.96. The van der Waals surface area contributed by atoms with Gasteiger partial charge in [0, 0.05) is 42.0 Å². The average Bonchev–Trinajstić information content (AvgIpc) is 3.44. The number of likely N-dealkylation sites (N-methyl/N-ethyl adjacent to an activating group) is 1. The van der Waals surface area contributed by atoms with Crippen LogP contribution in [0.2, 0.25) is 5.02 Å². The van der Waals surface area contributed by atoms with Crippen molar-refractivity contribution in [1.82, 2.24) is 9.29 Å². The summed E-state index contributed by atoms with van der Waals surface area (Å²) in [5, 5.41) is 0.995. The summed E-state index contributed by atoms with van der Waals surface area (Å²) in [7, 11) is 1.21. The molecule has 1 aromatic heterocycles. The van der Waals surface area contributed by atoms with Gasteiger partial charge in [0.2, 0.25) is 0 Å². The van der Waals surface area contributed by atoms with E-state index in [0.29, 0.717) is 15.8 Å². The second-order valence-electron chi connectivity index (χ2n) is 9.21. The number of amides is 1. The molecular weight excluding hydrogens is 432 g/mol. The summed E-state index contributed by atoms with van der Waals surface area (Å²) in [6.07, 6.45) is 6.72. The van der Waals surface area contributed by atoms with Crippen molar-refractivity contribution in [2.45, 2.75) is 49.9 Å². The van der Waals surface area contributed by atoms with Crippen molar-refractivity contribution in [3.8, 4) is 0 Å². The van der Waals surface area contributed by atoms with Gasteiger partial charge in [0.05, 0.1) is 40.3 Å². The molecule has 31 heavy (non-hydrogen) atoms. The summed E-state index contributed by atoms with van der Waals surface area (Å²) >= 11 is 6.21. The van der Waals surface area contributed by atoms with Gasteiger partial charge in [-0.3, -0.25) is 14.7 Å². The highest BCUT2D eigenvalue weighted by atomic mass is 35.5. The molecule has 0 radical (unpaired) electrons. The number of anilines is 2. The standard InChI is InChI=1S/C23H27ClN4O2S/c1-23(2)21-10-15(24)4-7-20(21)22(29)28(23)18-11-17(12-25-13-18)26(3)16-8-9-27(14-16)31(30)19-5-6-19/h4,7,10-13,16,19H,5-6,8-9,14H2,1-3H3. The summed E-state index contributed by atoms with van der Waals surface area (Å²) in [4.78, 5) is 21.7. The van der Waals surface area contributed by atoms with Crippen LogP contribution in [0, 0.1) is 0 Å². The highest BCUT2D eigenvalue weighted by molar-refractivity contribution is 7.83. The number of benzene rings is 1. The Morgan fingerprint density at radius 1 is 1.19 bits per heavy atom. The molecular formula is C23H27ClN4O2S. The first-order chi connectivity index (χ1) is 14.8. The zero-order chi connectivity index (χ0) is 21.9. The second kappa shape index (κ2) is 7.57. The van der Waals surface area contributed by atoms with Gasteiger partial charge in [-0.15, -0.1) is 0 Å². The van der Waals surface area contributed by atoms with E-state index in [9.17, 15) is 9.00 Å². The largest absolute Gasteiger partial charge is 0.369 e. The molecule has 3 aliphatic rings. The quantitative estimate of drug-likeness (QED) is 0.680. The second-order valence-corrected chi connectivity index (χ2v) is 11.4. The molecule has 2 aromatic rings. The third-order valence-corrected chi connectivity index (χ3v) is 8.86. The lowest BCUT2D eigenvalue weighted by molar-refractivity contribution is 0.0982. The van der Waals surface area contributed by atoms with Crippen molar-refractivity contribution in [2.75, 3.05) is 29.9 Å². The fourth-order valence-electron chi connectivity index (χ4n) is 4.76. The summed E-state index contributed by atoms with van der Waals surface area (Å²) < 4.78 is 14.6. The topological polar surface area (TPSA) is 56.8 Å². The number of fused-ring (bicyclic) bond motifs is 1. The van der Waals surface area contributed by atoms with Crippen molar-refractivity contribution < 1.29 is 9.00 Å². The molecule has 1 amide bonds. The molecule has 2 atom stereocenters. The monoisotopic (exact) mass is 458 g/mol. The molecule has 8 heteroatoms. The van der Waals surface area contributed by atoms with Crippen LogP contribution < -0.4 is 9.80 Å². The van der Waals surface area contributed by atoms with Crippen LogP contribution in [0.4, 0.5) is 11.4 Å². The maximum absolute atomic E-state index is 13.3. The molecule has 6 nitrogen and oxygen atoms in total. The van der Waals surface area contributed by atoms with E-state index in [-0.39, 0.29) is 11.9 Å². The number of hydrogen-bond acceptors (Lipinski definition) is 4. The molecule has 1 aromatic carbocycles. The number of aromatic nitrogens is 1. The van der Waals surface area contributed by atoms with Crippen LogP contribution in [0.1, 0.15) is 49.0 Å². The number of rotatable bonds is 5. The van der Waals surface area contributed by atoms with Gasteiger partial charge in [-0.05, 0) is 62.9 Å². The van der Waals surface area contributed by atoms with Gasteiger partial charge in [0.25, 0.3) is 5.91 Å². The molecule has 0 bridgehead atoms. The van der Waals surface area contributed by atoms with Gasteiger partial charge in [-0.2, -0.15) is 0 Å². The Balaban J connectivity index is 1.39. The van der Waals surface area contributed by atoms with E-state index in [4.69, 9.17) is 11.6 Å². The van der Waals surface area contributed by atoms with Crippen molar-refractivity contribution in [1.29, 1.82) is 0 Å². The van der Waals surface area contributed by atoms with Crippen LogP contribution >= 0.6 is 11.6 Å². The maximum atomic E-state index is 13.3. The van der Waals surface area contributed by atoms with Crippen LogP contribution in [0.5, 0.6) is 0 Å². The Labute approximate surface area is 190 Å². The Bertz CT molecular complexity index is 1070.